The fraction of sp³-hybridized carbons (Fsp3) is 0.346. The number of carbonyl (C=O) groups excluding carboxylic acids is 1. The largest absolute Gasteiger partial charge is 0.350 e. The monoisotopic (exact) mass is 548 g/mol. The maximum absolute atomic E-state index is 14.8. The van der Waals surface area contributed by atoms with E-state index in [1.54, 1.807) is 15.5 Å². The van der Waals surface area contributed by atoms with Crippen LogP contribution in [0.5, 0.6) is 0 Å². The third-order valence-corrected chi connectivity index (χ3v) is 8.00. The van der Waals surface area contributed by atoms with Crippen LogP contribution in [0, 0.1) is 11.6 Å². The van der Waals surface area contributed by atoms with Crippen LogP contribution in [0.4, 0.5) is 19.0 Å². The number of nitrogens with zero attached hydrogens (tertiary/aromatic N) is 4. The number of hydrogen-bond donors (Lipinski definition) is 0. The van der Waals surface area contributed by atoms with Crippen molar-refractivity contribution in [2.45, 2.75) is 37.5 Å². The molecule has 3 heterocycles. The predicted molar refractivity (Wildman–Crippen MR) is 140 cm³/mol. The number of aromatic nitrogens is 2. The molecule has 1 fully saturated rings. The van der Waals surface area contributed by atoms with Gasteiger partial charge in [0.1, 0.15) is 23.6 Å². The van der Waals surface area contributed by atoms with E-state index in [4.69, 9.17) is 11.6 Å². The van der Waals surface area contributed by atoms with Crippen molar-refractivity contribution in [2.24, 2.45) is 0 Å². The summed E-state index contributed by atoms with van der Waals surface area (Å²) >= 11 is 8.19. The molecule has 0 saturated carbocycles. The number of benzene rings is 2. The molecule has 1 unspecified atom stereocenters. The highest BCUT2D eigenvalue weighted by Gasteiger charge is 2.31. The number of carbonyl (C=O) groups is 1. The Labute approximate surface area is 220 Å². The van der Waals surface area contributed by atoms with Gasteiger partial charge in [0.25, 0.3) is 0 Å². The minimum atomic E-state index is -1.21. The Hall–Kier alpha value is -2.98. The molecule has 1 saturated heterocycles. The van der Waals surface area contributed by atoms with Crippen LogP contribution < -0.4 is 10.6 Å². The van der Waals surface area contributed by atoms with Gasteiger partial charge in [-0.05, 0) is 38.1 Å². The topological polar surface area (TPSA) is 58.4 Å². The Kier molecular flexibility index (Phi) is 6.97. The number of rotatable bonds is 4. The van der Waals surface area contributed by atoms with Crippen molar-refractivity contribution in [3.63, 3.8) is 0 Å². The molecule has 1 amide bonds. The Morgan fingerprint density at radius 3 is 2.73 bits per heavy atom. The molecular formula is C26H24ClF3N4O2S. The van der Waals surface area contributed by atoms with Crippen molar-refractivity contribution in [2.75, 3.05) is 30.3 Å². The van der Waals surface area contributed by atoms with E-state index in [1.165, 1.54) is 43.0 Å². The van der Waals surface area contributed by atoms with Crippen LogP contribution in [0.2, 0.25) is 5.02 Å². The first-order valence-corrected chi connectivity index (χ1v) is 13.2. The van der Waals surface area contributed by atoms with Crippen LogP contribution in [0.1, 0.15) is 13.8 Å². The molecule has 2 aromatic carbocycles. The third kappa shape index (κ3) is 4.72. The maximum atomic E-state index is 14.8. The van der Waals surface area contributed by atoms with Crippen LogP contribution in [-0.4, -0.2) is 58.0 Å². The van der Waals surface area contributed by atoms with Gasteiger partial charge in [-0.1, -0.05) is 11.6 Å². The summed E-state index contributed by atoms with van der Waals surface area (Å²) in [6.07, 6.45) is 1.25. The zero-order valence-electron chi connectivity index (χ0n) is 20.2. The van der Waals surface area contributed by atoms with Crippen molar-refractivity contribution in [1.29, 1.82) is 0 Å². The first-order valence-electron chi connectivity index (χ1n) is 11.9. The van der Waals surface area contributed by atoms with Gasteiger partial charge in [0.15, 0.2) is 0 Å². The van der Waals surface area contributed by atoms with Crippen LogP contribution in [0.15, 0.2) is 46.1 Å². The summed E-state index contributed by atoms with van der Waals surface area (Å²) in [7, 11) is 0. The molecule has 11 heteroatoms. The number of alkyl halides is 1. The number of aryl methyl sites for hydroxylation is 1. The Morgan fingerprint density at radius 1 is 1.24 bits per heavy atom. The van der Waals surface area contributed by atoms with Crippen molar-refractivity contribution < 1.29 is 18.0 Å². The van der Waals surface area contributed by atoms with Gasteiger partial charge in [0, 0.05) is 71.5 Å². The second kappa shape index (κ2) is 10.1. The molecule has 6 nitrogen and oxygen atoms in total. The molecule has 0 aliphatic carbocycles. The Bertz CT molecular complexity index is 1490. The van der Waals surface area contributed by atoms with Gasteiger partial charge < -0.3 is 9.80 Å². The molecule has 2 aliphatic heterocycles. The van der Waals surface area contributed by atoms with Crippen molar-refractivity contribution >= 4 is 46.0 Å². The lowest BCUT2D eigenvalue weighted by Crippen LogP contribution is -2.54. The fourth-order valence-electron chi connectivity index (χ4n) is 4.90. The summed E-state index contributed by atoms with van der Waals surface area (Å²) in [6, 6.07) is 4.83. The highest BCUT2D eigenvalue weighted by molar-refractivity contribution is 7.99. The van der Waals surface area contributed by atoms with Crippen LogP contribution >= 0.6 is 23.4 Å². The number of hydrogen-bond acceptors (Lipinski definition) is 5. The third-order valence-electron chi connectivity index (χ3n) is 6.63. The highest BCUT2D eigenvalue weighted by atomic mass is 35.5. The Balaban J connectivity index is 1.60. The minimum Gasteiger partial charge on any atom is -0.350 e. The summed E-state index contributed by atoms with van der Waals surface area (Å²) in [5.41, 5.74) is 0.757. The van der Waals surface area contributed by atoms with E-state index in [9.17, 15) is 22.8 Å². The molecule has 194 valence electrons. The number of anilines is 1. The van der Waals surface area contributed by atoms with Gasteiger partial charge in [-0.3, -0.25) is 9.36 Å². The van der Waals surface area contributed by atoms with Gasteiger partial charge in [-0.25, -0.2) is 18.0 Å². The zero-order valence-corrected chi connectivity index (χ0v) is 21.8. The molecule has 2 atom stereocenters. The number of amides is 1. The normalized spacial score (nSPS) is 18.6. The zero-order chi connectivity index (χ0) is 26.4. The molecule has 1 aromatic heterocycles. The van der Waals surface area contributed by atoms with E-state index >= 15 is 0 Å². The molecular weight excluding hydrogens is 525 g/mol. The van der Waals surface area contributed by atoms with Gasteiger partial charge in [-0.15, -0.1) is 11.8 Å². The highest BCUT2D eigenvalue weighted by Crippen LogP contribution is 2.46. The summed E-state index contributed by atoms with van der Waals surface area (Å²) in [5.74, 6) is -0.685. The molecule has 3 aromatic rings. The van der Waals surface area contributed by atoms with Gasteiger partial charge in [-0.2, -0.15) is 4.98 Å². The molecule has 5 rings (SSSR count). The molecule has 2 aliphatic rings. The van der Waals surface area contributed by atoms with Gasteiger partial charge in [0.05, 0.1) is 10.5 Å². The lowest BCUT2D eigenvalue weighted by molar-refractivity contribution is -0.126. The lowest BCUT2D eigenvalue weighted by atomic mass is 10.0. The number of allylic oxidation sites excluding steroid dienone is 1. The molecule has 0 N–H and O–H groups in total. The quantitative estimate of drug-likeness (QED) is 0.427. The van der Waals surface area contributed by atoms with Crippen molar-refractivity contribution in [1.82, 2.24) is 14.5 Å². The average Bonchev–Trinajstić information content (AvgIpc) is 2.85. The van der Waals surface area contributed by atoms with Crippen molar-refractivity contribution in [3.8, 4) is 11.1 Å². The Morgan fingerprint density at radius 2 is 2.03 bits per heavy atom. The maximum Gasteiger partial charge on any atom is 0.350 e. The van der Waals surface area contributed by atoms with Crippen LogP contribution in [-0.2, 0) is 11.3 Å². The molecule has 0 bridgehead atoms. The summed E-state index contributed by atoms with van der Waals surface area (Å²) in [4.78, 5) is 34.2. The van der Waals surface area contributed by atoms with E-state index in [-0.39, 0.29) is 22.5 Å². The first-order chi connectivity index (χ1) is 17.7. The SMILES string of the molecule is CC(F)/C=C/C(=O)N1CCN(c2nc(=O)n3c4c(c(-c5ccc(F)cc5F)c(Cl)cc24)SCC3)[C@@H](C)C1. The second-order valence-corrected chi connectivity index (χ2v) is 10.7. The molecule has 37 heavy (non-hydrogen) atoms. The fourth-order valence-corrected chi connectivity index (χ4v) is 6.46. The smallest absolute Gasteiger partial charge is 0.350 e. The first kappa shape index (κ1) is 25.7. The van der Waals surface area contributed by atoms with E-state index in [2.05, 4.69) is 4.98 Å². The standard InChI is InChI=1S/C26H24ClF3N4O2S/c1-14(28)3-6-21(35)32-7-8-33(15(2)13-32)25-18-12-19(27)22(17-5-4-16(29)11-20(17)30)24-23(18)34(9-10-37-24)26(36)31-25/h3-6,11-12,14-15H,7-10,13H2,1-2H3/b6-3+/t14?,15-/m0/s1. The number of piperazine rings is 1. The molecule has 0 radical (unpaired) electrons. The average molecular weight is 549 g/mol. The van der Waals surface area contributed by atoms with Gasteiger partial charge >= 0.3 is 5.69 Å². The van der Waals surface area contributed by atoms with E-state index in [0.29, 0.717) is 59.1 Å². The van der Waals surface area contributed by atoms with Crippen LogP contribution in [0.3, 0.4) is 0 Å². The van der Waals surface area contributed by atoms with Gasteiger partial charge in [0.2, 0.25) is 5.91 Å². The van der Waals surface area contributed by atoms with Crippen LogP contribution in [0.25, 0.3) is 22.0 Å². The number of halogens is 4. The van der Waals surface area contributed by atoms with Crippen molar-refractivity contribution in [3.05, 3.63) is 63.6 Å². The molecule has 0 spiro atoms. The van der Waals surface area contributed by atoms with E-state index < -0.39 is 23.5 Å². The van der Waals surface area contributed by atoms with E-state index in [1.807, 2.05) is 11.8 Å². The summed E-state index contributed by atoms with van der Waals surface area (Å²) in [5, 5.41) is 0.915. The van der Waals surface area contributed by atoms with E-state index in [0.717, 1.165) is 6.07 Å². The predicted octanol–water partition coefficient (Wildman–Crippen LogP) is 5.05. The summed E-state index contributed by atoms with van der Waals surface area (Å²) < 4.78 is 43.1. The minimum absolute atomic E-state index is 0.159. The number of thioether (sulfide) groups is 1. The lowest BCUT2D eigenvalue weighted by Gasteiger charge is -2.41. The summed E-state index contributed by atoms with van der Waals surface area (Å²) in [6.45, 7) is 4.85. The second-order valence-electron chi connectivity index (χ2n) is 9.16.